The van der Waals surface area contributed by atoms with Crippen molar-refractivity contribution in [2.24, 2.45) is 0 Å². The van der Waals surface area contributed by atoms with Gasteiger partial charge in [0.2, 0.25) is 0 Å². The second kappa shape index (κ2) is 41.2. The third-order valence-corrected chi connectivity index (χ3v) is 0.408. The van der Waals surface area contributed by atoms with Crippen molar-refractivity contribution in [3.63, 3.8) is 0 Å². The van der Waals surface area contributed by atoms with E-state index < -0.39 is 0 Å². The fraction of sp³-hybridized carbons (Fsp3) is 0.545. The standard InChI is InChI=1S/C5H9.C3H7.C2H6.CH3.Y/c1-4-5(2)3;1-3-2;1-2;;/h4H,1H2,2-3H3;1,3H2,2H3;1-2H3;1H3;/q2*-1;;-1;+3. The van der Waals surface area contributed by atoms with Gasteiger partial charge in [-0.15, -0.1) is 13.8 Å². The first-order valence-electron chi connectivity index (χ1n) is 3.90. The van der Waals surface area contributed by atoms with E-state index >= 15 is 0 Å². The monoisotopic (exact) mass is 246 g/mol. The molecule has 12 heavy (non-hydrogen) atoms. The Labute approximate surface area is 106 Å². The number of rotatable bonds is 0. The maximum absolute atomic E-state index is 3.52. The van der Waals surface area contributed by atoms with E-state index in [-0.39, 0.29) is 40.1 Å². The molecule has 1 heteroatoms. The molecule has 0 aliphatic rings. The fourth-order valence-corrected chi connectivity index (χ4v) is 0. The summed E-state index contributed by atoms with van der Waals surface area (Å²) < 4.78 is 0. The van der Waals surface area contributed by atoms with Crippen molar-refractivity contribution in [3.05, 3.63) is 32.9 Å². The van der Waals surface area contributed by atoms with Gasteiger partial charge < -0.3 is 14.4 Å². The topological polar surface area (TPSA) is 0 Å². The molecule has 0 nitrogen and oxygen atoms in total. The molecule has 0 bridgehead atoms. The average molecular weight is 246 g/mol. The smallest absolute Gasteiger partial charge is 0.358 e. The van der Waals surface area contributed by atoms with Crippen LogP contribution in [0.3, 0.4) is 0 Å². The third kappa shape index (κ3) is 137. The summed E-state index contributed by atoms with van der Waals surface area (Å²) in [4.78, 5) is 0. The molecule has 0 aliphatic heterocycles. The molecule has 0 N–H and O–H groups in total. The number of hydrogen-bond donors (Lipinski definition) is 0. The van der Waals surface area contributed by atoms with E-state index in [2.05, 4.69) is 13.8 Å². The van der Waals surface area contributed by atoms with Gasteiger partial charge in [-0.3, -0.25) is 0 Å². The Morgan fingerprint density at radius 1 is 1.25 bits per heavy atom. The molecule has 0 saturated carbocycles. The minimum atomic E-state index is 0. The number of hydrogen-bond acceptors (Lipinski definition) is 0. The van der Waals surface area contributed by atoms with Gasteiger partial charge in [0, 0.05) is 0 Å². The zero-order valence-electron chi connectivity index (χ0n) is 9.78. The Balaban J connectivity index is -0.0000000209. The van der Waals surface area contributed by atoms with Gasteiger partial charge in [-0.2, -0.15) is 6.42 Å². The molecule has 0 atom stereocenters. The molecule has 0 aliphatic carbocycles. The zero-order valence-corrected chi connectivity index (χ0v) is 12.6. The molecule has 72 valence electrons. The number of allylic oxidation sites excluding steroid dienone is 2. The Hall–Kier alpha value is 0.714. The molecule has 0 unspecified atom stereocenters. The van der Waals surface area contributed by atoms with E-state index in [9.17, 15) is 0 Å². The maximum atomic E-state index is 3.52. The molecular weight excluding hydrogens is 221 g/mol. The molecule has 0 heterocycles. The Kier molecular flexibility index (Phi) is 101. The summed E-state index contributed by atoms with van der Waals surface area (Å²) in [5.41, 5.74) is 1.27. The molecule has 0 rings (SSSR count). The van der Waals surface area contributed by atoms with Gasteiger partial charge >= 0.3 is 32.7 Å². The van der Waals surface area contributed by atoms with E-state index in [0.717, 1.165) is 6.42 Å². The van der Waals surface area contributed by atoms with E-state index in [1.165, 1.54) is 5.57 Å². The third-order valence-electron chi connectivity index (χ3n) is 0.408. The summed E-state index contributed by atoms with van der Waals surface area (Å²) in [7, 11) is 0. The summed E-state index contributed by atoms with van der Waals surface area (Å²) in [5.74, 6) is 0. The normalized spacial score (nSPS) is 4.83. The van der Waals surface area contributed by atoms with Crippen LogP contribution in [0.2, 0.25) is 0 Å². The quantitative estimate of drug-likeness (QED) is 0.552. The molecule has 0 aromatic rings. The summed E-state index contributed by atoms with van der Waals surface area (Å²) in [6.07, 6.45) is 2.83. The van der Waals surface area contributed by atoms with Crippen LogP contribution < -0.4 is 0 Å². The van der Waals surface area contributed by atoms with Crippen LogP contribution in [-0.4, -0.2) is 0 Å². The van der Waals surface area contributed by atoms with Crippen molar-refractivity contribution in [1.82, 2.24) is 0 Å². The SMILES string of the molecule is CC.[CH2-]C=C(C)C.[CH2-]CC.[CH3-].[Y+3]. The van der Waals surface area contributed by atoms with Crippen molar-refractivity contribution in [1.29, 1.82) is 0 Å². The van der Waals surface area contributed by atoms with Gasteiger partial charge in [0.25, 0.3) is 0 Å². The minimum Gasteiger partial charge on any atom is -0.358 e. The van der Waals surface area contributed by atoms with Crippen LogP contribution in [0, 0.1) is 21.3 Å². The van der Waals surface area contributed by atoms with Crippen molar-refractivity contribution in [2.75, 3.05) is 0 Å². The second-order valence-electron chi connectivity index (χ2n) is 1.78. The molecule has 0 spiro atoms. The molecule has 0 aromatic carbocycles. The molecule has 0 fully saturated rings. The zero-order chi connectivity index (χ0) is 8.99. The first-order valence-corrected chi connectivity index (χ1v) is 3.90. The van der Waals surface area contributed by atoms with Gasteiger partial charge in [0.1, 0.15) is 0 Å². The molecule has 0 amide bonds. The Bertz CT molecular complexity index is 52.0. The van der Waals surface area contributed by atoms with Crippen LogP contribution in [0.1, 0.15) is 41.0 Å². The van der Waals surface area contributed by atoms with Crippen LogP contribution in [0.5, 0.6) is 0 Å². The van der Waals surface area contributed by atoms with Crippen LogP contribution in [0.4, 0.5) is 0 Å². The first kappa shape index (κ1) is 29.3. The summed E-state index contributed by atoms with van der Waals surface area (Å²) >= 11 is 0. The summed E-state index contributed by atoms with van der Waals surface area (Å²) in [6.45, 7) is 17.1. The molecule has 0 radical (unpaired) electrons. The largest absolute Gasteiger partial charge is 3.00 e. The van der Waals surface area contributed by atoms with E-state index in [0.29, 0.717) is 0 Å². The summed E-state index contributed by atoms with van der Waals surface area (Å²) in [5, 5.41) is 0. The maximum Gasteiger partial charge on any atom is 3.00 e. The van der Waals surface area contributed by atoms with Gasteiger partial charge in [-0.05, 0) is 0 Å². The molecular formula is C11H25Y. The van der Waals surface area contributed by atoms with Crippen LogP contribution >= 0.6 is 0 Å². The van der Waals surface area contributed by atoms with Gasteiger partial charge in [-0.1, -0.05) is 20.8 Å². The van der Waals surface area contributed by atoms with Gasteiger partial charge in [-0.25, -0.2) is 18.6 Å². The second-order valence-corrected chi connectivity index (χ2v) is 1.78. The average Bonchev–Trinajstić information content (AvgIpc) is 1.94. The van der Waals surface area contributed by atoms with Crippen molar-refractivity contribution >= 4 is 0 Å². The van der Waals surface area contributed by atoms with Gasteiger partial charge in [0.15, 0.2) is 0 Å². The van der Waals surface area contributed by atoms with Crippen LogP contribution in [-0.2, 0) is 32.7 Å². The predicted molar refractivity (Wildman–Crippen MR) is 58.2 cm³/mol. The Morgan fingerprint density at radius 2 is 1.33 bits per heavy atom. The molecule has 0 saturated heterocycles. The van der Waals surface area contributed by atoms with Crippen LogP contribution in [0.15, 0.2) is 11.6 Å². The van der Waals surface area contributed by atoms with E-state index in [4.69, 9.17) is 0 Å². The van der Waals surface area contributed by atoms with Crippen LogP contribution in [0.25, 0.3) is 0 Å². The summed E-state index contributed by atoms with van der Waals surface area (Å²) in [6, 6.07) is 0. The molecule has 0 aromatic heterocycles. The van der Waals surface area contributed by atoms with Crippen molar-refractivity contribution in [3.8, 4) is 0 Å². The van der Waals surface area contributed by atoms with Gasteiger partial charge in [0.05, 0.1) is 0 Å². The minimum absolute atomic E-state index is 0. The predicted octanol–water partition coefficient (Wildman–Crippen LogP) is 4.49. The van der Waals surface area contributed by atoms with E-state index in [1.807, 2.05) is 40.7 Å². The fourth-order valence-electron chi connectivity index (χ4n) is 0. The van der Waals surface area contributed by atoms with Crippen molar-refractivity contribution in [2.45, 2.75) is 41.0 Å². The first-order chi connectivity index (χ1) is 4.68. The van der Waals surface area contributed by atoms with Crippen molar-refractivity contribution < 1.29 is 32.7 Å². The van der Waals surface area contributed by atoms with E-state index in [1.54, 1.807) is 0 Å². The Morgan fingerprint density at radius 3 is 1.33 bits per heavy atom.